The number of sulfonamides is 1. The predicted molar refractivity (Wildman–Crippen MR) is 111 cm³/mol. The lowest BCUT2D eigenvalue weighted by molar-refractivity contribution is -0.126. The van der Waals surface area contributed by atoms with E-state index >= 15 is 0 Å². The number of carbonyl (C=O) groups excluding carboxylic acids is 1. The molecule has 0 aliphatic carbocycles. The molecule has 2 atom stereocenters. The molecule has 1 aliphatic rings. The van der Waals surface area contributed by atoms with Crippen LogP contribution >= 0.6 is 12.4 Å². The fraction of sp³-hybridized carbons (Fsp3) is 0.316. The molecule has 7 nitrogen and oxygen atoms in total. The number of carbonyl (C=O) groups is 1. The first-order valence-corrected chi connectivity index (χ1v) is 10.2. The summed E-state index contributed by atoms with van der Waals surface area (Å²) in [6.45, 7) is 2.29. The number of halogens is 1. The van der Waals surface area contributed by atoms with E-state index in [0.29, 0.717) is 24.3 Å². The van der Waals surface area contributed by atoms with Gasteiger partial charge in [-0.3, -0.25) is 9.52 Å². The Morgan fingerprint density at radius 1 is 1.07 bits per heavy atom. The van der Waals surface area contributed by atoms with Gasteiger partial charge in [0.05, 0.1) is 11.0 Å². The Morgan fingerprint density at radius 3 is 2.25 bits per heavy atom. The summed E-state index contributed by atoms with van der Waals surface area (Å²) in [5.74, 6) is -0.223. The van der Waals surface area contributed by atoms with Gasteiger partial charge in [0.2, 0.25) is 0 Å². The molecule has 0 unspecified atom stereocenters. The van der Waals surface area contributed by atoms with Crippen LogP contribution in [0.1, 0.15) is 18.4 Å². The SMILES string of the molecule is Cc1ccc(S(=O)(=O)Nc2ccc(NC(=O)[C@@H]3CC[C@H](CN)O3)cc2)cc1.Cl. The Balaban J connectivity index is 0.00000280. The maximum atomic E-state index is 12.4. The highest BCUT2D eigenvalue weighted by atomic mass is 35.5. The first-order valence-electron chi connectivity index (χ1n) is 8.73. The van der Waals surface area contributed by atoms with Crippen LogP contribution in [0.5, 0.6) is 0 Å². The van der Waals surface area contributed by atoms with Crippen LogP contribution in [0.4, 0.5) is 11.4 Å². The minimum absolute atomic E-state index is 0. The molecule has 1 saturated heterocycles. The summed E-state index contributed by atoms with van der Waals surface area (Å²) in [5, 5.41) is 2.77. The van der Waals surface area contributed by atoms with Gasteiger partial charge in [-0.05, 0) is 56.2 Å². The number of rotatable bonds is 6. The van der Waals surface area contributed by atoms with Gasteiger partial charge in [0.1, 0.15) is 6.10 Å². The number of amides is 1. The summed E-state index contributed by atoms with van der Waals surface area (Å²) in [6.07, 6.45) is 0.841. The quantitative estimate of drug-likeness (QED) is 0.658. The van der Waals surface area contributed by atoms with Gasteiger partial charge in [0.15, 0.2) is 0 Å². The Morgan fingerprint density at radius 2 is 1.68 bits per heavy atom. The number of hydrogen-bond donors (Lipinski definition) is 3. The van der Waals surface area contributed by atoms with Crippen molar-refractivity contribution >= 4 is 39.7 Å². The van der Waals surface area contributed by atoms with Crippen molar-refractivity contribution in [1.29, 1.82) is 0 Å². The second-order valence-electron chi connectivity index (χ2n) is 6.54. The predicted octanol–water partition coefficient (Wildman–Crippen LogP) is 2.66. The van der Waals surface area contributed by atoms with E-state index < -0.39 is 16.1 Å². The van der Waals surface area contributed by atoms with Crippen LogP contribution in [0.2, 0.25) is 0 Å². The maximum Gasteiger partial charge on any atom is 0.261 e. The van der Waals surface area contributed by atoms with Gasteiger partial charge in [0.25, 0.3) is 15.9 Å². The average Bonchev–Trinajstić information content (AvgIpc) is 3.13. The zero-order valence-corrected chi connectivity index (χ0v) is 17.1. The molecule has 0 spiro atoms. The van der Waals surface area contributed by atoms with Crippen molar-refractivity contribution in [2.45, 2.75) is 36.9 Å². The number of aryl methyl sites for hydroxylation is 1. The van der Waals surface area contributed by atoms with Crippen LogP contribution in [0, 0.1) is 6.92 Å². The molecule has 0 aromatic heterocycles. The second kappa shape index (κ2) is 9.38. The molecule has 2 aromatic carbocycles. The average molecular weight is 426 g/mol. The van der Waals surface area contributed by atoms with Crippen molar-refractivity contribution in [2.75, 3.05) is 16.6 Å². The van der Waals surface area contributed by atoms with Gasteiger partial charge in [-0.1, -0.05) is 17.7 Å². The number of hydrogen-bond acceptors (Lipinski definition) is 5. The maximum absolute atomic E-state index is 12.4. The summed E-state index contributed by atoms with van der Waals surface area (Å²) in [6, 6.07) is 13.1. The number of benzene rings is 2. The van der Waals surface area contributed by atoms with Gasteiger partial charge in [0, 0.05) is 17.9 Å². The third-order valence-corrected chi connectivity index (χ3v) is 5.80. The van der Waals surface area contributed by atoms with Gasteiger partial charge >= 0.3 is 0 Å². The fourth-order valence-corrected chi connectivity index (χ4v) is 3.91. The van der Waals surface area contributed by atoms with Crippen molar-refractivity contribution in [3.8, 4) is 0 Å². The van der Waals surface area contributed by atoms with E-state index in [1.54, 1.807) is 48.5 Å². The molecular formula is C19H24ClN3O4S. The minimum Gasteiger partial charge on any atom is -0.364 e. The molecule has 0 bridgehead atoms. The van der Waals surface area contributed by atoms with Gasteiger partial charge in [-0.25, -0.2) is 8.42 Å². The number of anilines is 2. The van der Waals surface area contributed by atoms with Gasteiger partial charge < -0.3 is 15.8 Å². The molecule has 1 amide bonds. The smallest absolute Gasteiger partial charge is 0.261 e. The van der Waals surface area contributed by atoms with Crippen LogP contribution in [0.15, 0.2) is 53.4 Å². The van der Waals surface area contributed by atoms with E-state index in [2.05, 4.69) is 10.0 Å². The number of nitrogens with one attached hydrogen (secondary N) is 2. The first-order chi connectivity index (χ1) is 12.9. The van der Waals surface area contributed by atoms with E-state index in [4.69, 9.17) is 10.5 Å². The summed E-state index contributed by atoms with van der Waals surface area (Å²) in [4.78, 5) is 12.4. The van der Waals surface area contributed by atoms with Crippen molar-refractivity contribution in [3.05, 3.63) is 54.1 Å². The largest absolute Gasteiger partial charge is 0.364 e. The normalized spacial score (nSPS) is 18.9. The van der Waals surface area contributed by atoms with E-state index in [1.807, 2.05) is 6.92 Å². The third kappa shape index (κ3) is 5.45. The number of nitrogens with two attached hydrogens (primary N) is 1. The molecule has 4 N–H and O–H groups in total. The Kier molecular flexibility index (Phi) is 7.42. The third-order valence-electron chi connectivity index (χ3n) is 4.40. The van der Waals surface area contributed by atoms with Crippen LogP contribution in [0.3, 0.4) is 0 Å². The van der Waals surface area contributed by atoms with Gasteiger partial charge in [-0.15, -0.1) is 12.4 Å². The van der Waals surface area contributed by atoms with E-state index in [9.17, 15) is 13.2 Å². The highest BCUT2D eigenvalue weighted by Gasteiger charge is 2.29. The molecule has 152 valence electrons. The summed E-state index contributed by atoms with van der Waals surface area (Å²) >= 11 is 0. The molecule has 1 aliphatic heterocycles. The lowest BCUT2D eigenvalue weighted by Crippen LogP contribution is -2.29. The van der Waals surface area contributed by atoms with E-state index in [-0.39, 0.29) is 29.3 Å². The van der Waals surface area contributed by atoms with Crippen LogP contribution in [0.25, 0.3) is 0 Å². The van der Waals surface area contributed by atoms with Crippen LogP contribution in [-0.4, -0.2) is 33.1 Å². The Hall–Kier alpha value is -2.13. The summed E-state index contributed by atoms with van der Waals surface area (Å²) < 4.78 is 32.9. The molecule has 9 heteroatoms. The lowest BCUT2D eigenvalue weighted by Gasteiger charge is -2.13. The van der Waals surface area contributed by atoms with Crippen molar-refractivity contribution in [3.63, 3.8) is 0 Å². The highest BCUT2D eigenvalue weighted by molar-refractivity contribution is 7.92. The first kappa shape index (κ1) is 22.2. The lowest BCUT2D eigenvalue weighted by atomic mass is 10.2. The monoisotopic (exact) mass is 425 g/mol. The van der Waals surface area contributed by atoms with Crippen molar-refractivity contribution in [1.82, 2.24) is 0 Å². The molecular weight excluding hydrogens is 402 g/mol. The second-order valence-corrected chi connectivity index (χ2v) is 8.23. The van der Waals surface area contributed by atoms with E-state index in [0.717, 1.165) is 12.0 Å². The van der Waals surface area contributed by atoms with Crippen LogP contribution in [-0.2, 0) is 19.6 Å². The molecule has 1 heterocycles. The Bertz CT molecular complexity index is 902. The van der Waals surface area contributed by atoms with Crippen LogP contribution < -0.4 is 15.8 Å². The Labute approximate surface area is 171 Å². The molecule has 3 rings (SSSR count). The summed E-state index contributed by atoms with van der Waals surface area (Å²) in [7, 11) is -3.66. The zero-order chi connectivity index (χ0) is 19.4. The molecule has 28 heavy (non-hydrogen) atoms. The topological polar surface area (TPSA) is 111 Å². The zero-order valence-electron chi connectivity index (χ0n) is 15.4. The fourth-order valence-electron chi connectivity index (χ4n) is 2.85. The standard InChI is InChI=1S/C19H23N3O4S.ClH/c1-13-2-9-17(10-3-13)27(24,25)22-15-6-4-14(5-7-15)21-19(23)18-11-8-16(12-20)26-18;/h2-7,9-10,16,18,22H,8,11-12,20H2,1H3,(H,21,23);1H/t16-,18+;/m1./s1. The summed E-state index contributed by atoms with van der Waals surface area (Å²) in [5.41, 5.74) is 7.52. The molecule has 0 radical (unpaired) electrons. The highest BCUT2D eigenvalue weighted by Crippen LogP contribution is 2.22. The minimum atomic E-state index is -3.66. The molecule has 1 fully saturated rings. The molecule has 2 aromatic rings. The van der Waals surface area contributed by atoms with Gasteiger partial charge in [-0.2, -0.15) is 0 Å². The van der Waals surface area contributed by atoms with Crippen molar-refractivity contribution in [2.24, 2.45) is 5.73 Å². The number of ether oxygens (including phenoxy) is 1. The van der Waals surface area contributed by atoms with Crippen molar-refractivity contribution < 1.29 is 17.9 Å². The molecule has 0 saturated carbocycles. The van der Waals surface area contributed by atoms with E-state index in [1.165, 1.54) is 0 Å².